The van der Waals surface area contributed by atoms with Crippen molar-refractivity contribution in [2.45, 2.75) is 25.7 Å². The SMILES string of the molecule is CC1(C)OCC(c2ccccc2Br)O1. The van der Waals surface area contributed by atoms with Crippen LogP contribution in [0, 0.1) is 0 Å². The van der Waals surface area contributed by atoms with Crippen LogP contribution in [0.2, 0.25) is 0 Å². The lowest BCUT2D eigenvalue weighted by molar-refractivity contribution is -0.139. The quantitative estimate of drug-likeness (QED) is 0.768. The van der Waals surface area contributed by atoms with Crippen LogP contribution < -0.4 is 0 Å². The van der Waals surface area contributed by atoms with Gasteiger partial charge in [0.15, 0.2) is 5.79 Å². The lowest BCUT2D eigenvalue weighted by Gasteiger charge is -2.17. The third-order valence-corrected chi connectivity index (χ3v) is 2.98. The molecule has 1 aliphatic heterocycles. The summed E-state index contributed by atoms with van der Waals surface area (Å²) in [5, 5.41) is 0. The van der Waals surface area contributed by atoms with Gasteiger partial charge in [0.25, 0.3) is 0 Å². The predicted octanol–water partition coefficient (Wildman–Crippen LogP) is 3.27. The van der Waals surface area contributed by atoms with Crippen molar-refractivity contribution in [3.63, 3.8) is 0 Å². The lowest BCUT2D eigenvalue weighted by Crippen LogP contribution is -2.19. The van der Waals surface area contributed by atoms with Gasteiger partial charge in [-0.15, -0.1) is 0 Å². The predicted molar refractivity (Wildman–Crippen MR) is 58.0 cm³/mol. The molecule has 1 heterocycles. The summed E-state index contributed by atoms with van der Waals surface area (Å²) in [4.78, 5) is 0. The number of ether oxygens (including phenoxy) is 2. The van der Waals surface area contributed by atoms with Crippen molar-refractivity contribution in [1.82, 2.24) is 0 Å². The van der Waals surface area contributed by atoms with Crippen LogP contribution in [0.4, 0.5) is 0 Å². The van der Waals surface area contributed by atoms with Gasteiger partial charge in [-0.1, -0.05) is 34.1 Å². The molecular weight excluding hydrogens is 244 g/mol. The molecular formula is C11H13BrO2. The average molecular weight is 257 g/mol. The van der Waals surface area contributed by atoms with Gasteiger partial charge in [0, 0.05) is 4.47 Å². The van der Waals surface area contributed by atoms with Crippen molar-refractivity contribution in [3.8, 4) is 0 Å². The molecule has 0 N–H and O–H groups in total. The molecule has 0 amide bonds. The van der Waals surface area contributed by atoms with E-state index in [4.69, 9.17) is 9.47 Å². The Morgan fingerprint density at radius 3 is 2.64 bits per heavy atom. The molecule has 0 bridgehead atoms. The summed E-state index contributed by atoms with van der Waals surface area (Å²) >= 11 is 3.51. The van der Waals surface area contributed by atoms with E-state index < -0.39 is 5.79 Å². The first-order valence-electron chi connectivity index (χ1n) is 4.65. The summed E-state index contributed by atoms with van der Waals surface area (Å²) < 4.78 is 12.4. The van der Waals surface area contributed by atoms with E-state index >= 15 is 0 Å². The molecule has 1 atom stereocenters. The third kappa shape index (κ3) is 2.00. The molecule has 0 aromatic heterocycles. The number of benzene rings is 1. The molecule has 0 saturated carbocycles. The summed E-state index contributed by atoms with van der Waals surface area (Å²) in [6, 6.07) is 8.08. The number of hydrogen-bond donors (Lipinski definition) is 0. The fourth-order valence-corrected chi connectivity index (χ4v) is 2.12. The topological polar surface area (TPSA) is 18.5 Å². The van der Waals surface area contributed by atoms with Crippen LogP contribution in [0.1, 0.15) is 25.5 Å². The second kappa shape index (κ2) is 3.65. The molecule has 0 radical (unpaired) electrons. The second-order valence-electron chi connectivity index (χ2n) is 3.84. The van der Waals surface area contributed by atoms with Gasteiger partial charge in [-0.2, -0.15) is 0 Å². The molecule has 1 saturated heterocycles. The monoisotopic (exact) mass is 256 g/mol. The van der Waals surface area contributed by atoms with E-state index in [0.717, 1.165) is 10.0 Å². The van der Waals surface area contributed by atoms with Crippen LogP contribution in [0.3, 0.4) is 0 Å². The zero-order valence-corrected chi connectivity index (χ0v) is 9.87. The highest BCUT2D eigenvalue weighted by Gasteiger charge is 2.34. The highest BCUT2D eigenvalue weighted by Crippen LogP contribution is 2.35. The fraction of sp³-hybridized carbons (Fsp3) is 0.455. The standard InChI is InChI=1S/C11H13BrO2/c1-11(2)13-7-10(14-11)8-5-3-4-6-9(8)12/h3-6,10H,7H2,1-2H3. The van der Waals surface area contributed by atoms with Crippen molar-refractivity contribution >= 4 is 15.9 Å². The summed E-state index contributed by atoms with van der Waals surface area (Å²) in [5.41, 5.74) is 1.15. The molecule has 0 spiro atoms. The second-order valence-corrected chi connectivity index (χ2v) is 4.69. The molecule has 14 heavy (non-hydrogen) atoms. The molecule has 1 aliphatic rings. The minimum absolute atomic E-state index is 0.0422. The Hall–Kier alpha value is -0.380. The fourth-order valence-electron chi connectivity index (χ4n) is 1.58. The normalized spacial score (nSPS) is 25.2. The van der Waals surface area contributed by atoms with Gasteiger partial charge >= 0.3 is 0 Å². The Morgan fingerprint density at radius 1 is 1.36 bits per heavy atom. The van der Waals surface area contributed by atoms with E-state index in [9.17, 15) is 0 Å². The molecule has 1 unspecified atom stereocenters. The minimum Gasteiger partial charge on any atom is -0.347 e. The summed E-state index contributed by atoms with van der Waals surface area (Å²) in [7, 11) is 0. The Balaban J connectivity index is 2.22. The number of hydrogen-bond acceptors (Lipinski definition) is 2. The van der Waals surface area contributed by atoms with E-state index in [0.29, 0.717) is 6.61 Å². The maximum absolute atomic E-state index is 5.76. The maximum Gasteiger partial charge on any atom is 0.163 e. The van der Waals surface area contributed by atoms with Gasteiger partial charge in [0.1, 0.15) is 6.10 Å². The smallest absolute Gasteiger partial charge is 0.163 e. The molecule has 76 valence electrons. The highest BCUT2D eigenvalue weighted by molar-refractivity contribution is 9.10. The van der Waals surface area contributed by atoms with E-state index in [1.54, 1.807) is 0 Å². The number of halogens is 1. The summed E-state index contributed by atoms with van der Waals surface area (Å²) in [6.45, 7) is 4.49. The Kier molecular flexibility index (Phi) is 2.64. The highest BCUT2D eigenvalue weighted by atomic mass is 79.9. The number of rotatable bonds is 1. The molecule has 1 aromatic rings. The zero-order chi connectivity index (χ0) is 10.2. The lowest BCUT2D eigenvalue weighted by atomic mass is 10.1. The average Bonchev–Trinajstić information content (AvgIpc) is 2.47. The van der Waals surface area contributed by atoms with Crippen molar-refractivity contribution in [3.05, 3.63) is 34.3 Å². The van der Waals surface area contributed by atoms with Crippen LogP contribution >= 0.6 is 15.9 Å². The maximum atomic E-state index is 5.76. The molecule has 2 rings (SSSR count). The third-order valence-electron chi connectivity index (χ3n) is 2.26. The van der Waals surface area contributed by atoms with Crippen molar-refractivity contribution < 1.29 is 9.47 Å². The van der Waals surface area contributed by atoms with Gasteiger partial charge in [-0.3, -0.25) is 0 Å². The van der Waals surface area contributed by atoms with E-state index in [2.05, 4.69) is 22.0 Å². The van der Waals surface area contributed by atoms with Gasteiger partial charge in [-0.05, 0) is 25.5 Å². The van der Waals surface area contributed by atoms with E-state index in [1.165, 1.54) is 0 Å². The molecule has 3 heteroatoms. The van der Waals surface area contributed by atoms with E-state index in [1.807, 2.05) is 32.0 Å². The first-order chi connectivity index (χ1) is 6.58. The first kappa shape index (κ1) is 10.1. The largest absolute Gasteiger partial charge is 0.347 e. The van der Waals surface area contributed by atoms with Crippen LogP contribution in [-0.4, -0.2) is 12.4 Å². The van der Waals surface area contributed by atoms with Crippen molar-refractivity contribution in [2.75, 3.05) is 6.61 Å². The van der Waals surface area contributed by atoms with E-state index in [-0.39, 0.29) is 6.10 Å². The van der Waals surface area contributed by atoms with Crippen LogP contribution in [0.5, 0.6) is 0 Å². The van der Waals surface area contributed by atoms with Gasteiger partial charge in [0.2, 0.25) is 0 Å². The van der Waals surface area contributed by atoms with Crippen LogP contribution in [0.25, 0.3) is 0 Å². The zero-order valence-electron chi connectivity index (χ0n) is 8.29. The first-order valence-corrected chi connectivity index (χ1v) is 5.44. The molecule has 1 fully saturated rings. The Labute approximate surface area is 92.3 Å². The van der Waals surface area contributed by atoms with Crippen LogP contribution in [0.15, 0.2) is 28.7 Å². The summed E-state index contributed by atoms with van der Waals surface area (Å²) in [5.74, 6) is -0.458. The van der Waals surface area contributed by atoms with Gasteiger partial charge < -0.3 is 9.47 Å². The Morgan fingerprint density at radius 2 is 2.07 bits per heavy atom. The molecule has 0 aliphatic carbocycles. The van der Waals surface area contributed by atoms with Crippen LogP contribution in [-0.2, 0) is 9.47 Å². The van der Waals surface area contributed by atoms with Gasteiger partial charge in [-0.25, -0.2) is 0 Å². The van der Waals surface area contributed by atoms with Gasteiger partial charge in [0.05, 0.1) is 6.61 Å². The summed E-state index contributed by atoms with van der Waals surface area (Å²) in [6.07, 6.45) is 0.0422. The minimum atomic E-state index is -0.458. The van der Waals surface area contributed by atoms with Crippen molar-refractivity contribution in [2.24, 2.45) is 0 Å². The molecule has 2 nitrogen and oxygen atoms in total. The molecule has 1 aromatic carbocycles. The Bertz CT molecular complexity index is 336. The van der Waals surface area contributed by atoms with Crippen molar-refractivity contribution in [1.29, 1.82) is 0 Å².